The summed E-state index contributed by atoms with van der Waals surface area (Å²) in [5.41, 5.74) is 4.43. The van der Waals surface area contributed by atoms with Gasteiger partial charge in [-0.1, -0.05) is 33.6 Å². The average Bonchev–Trinajstić information content (AvgIpc) is 2.99. The van der Waals surface area contributed by atoms with Gasteiger partial charge in [0.15, 0.2) is 0 Å². The van der Waals surface area contributed by atoms with Gasteiger partial charge in [0.1, 0.15) is 5.75 Å². The highest BCUT2D eigenvalue weighted by molar-refractivity contribution is 9.10. The third-order valence-corrected chi connectivity index (χ3v) is 5.48. The number of aromatic nitrogens is 1. The Hall–Kier alpha value is -2.50. The Morgan fingerprint density at radius 1 is 1.04 bits per heavy atom. The van der Waals surface area contributed by atoms with E-state index in [1.807, 2.05) is 30.3 Å². The average molecular weight is 439 g/mol. The van der Waals surface area contributed by atoms with Crippen molar-refractivity contribution in [2.24, 2.45) is 0 Å². The lowest BCUT2D eigenvalue weighted by atomic mass is 10.1. The lowest BCUT2D eigenvalue weighted by Crippen LogP contribution is -2.24. The third kappa shape index (κ3) is 3.73. The highest BCUT2D eigenvalue weighted by Crippen LogP contribution is 2.32. The fourth-order valence-corrected chi connectivity index (χ4v) is 3.99. The van der Waals surface area contributed by atoms with Gasteiger partial charge in [-0.15, -0.1) is 0 Å². The largest absolute Gasteiger partial charge is 0.497 e. The Kier molecular flexibility index (Phi) is 5.29. The second-order valence-electron chi connectivity index (χ2n) is 7.06. The zero-order valence-electron chi connectivity index (χ0n) is 15.9. The summed E-state index contributed by atoms with van der Waals surface area (Å²) in [5, 5.41) is 16.4. The molecule has 0 saturated heterocycles. The summed E-state index contributed by atoms with van der Waals surface area (Å²) in [6, 6.07) is 20.5. The maximum atomic E-state index is 10.7. The topological polar surface area (TPSA) is 46.4 Å². The molecular weight excluding hydrogens is 416 g/mol. The number of aryl methyl sites for hydroxylation is 1. The molecule has 2 N–H and O–H groups in total. The van der Waals surface area contributed by atoms with E-state index in [0.717, 1.165) is 26.9 Å². The molecule has 5 heteroatoms. The van der Waals surface area contributed by atoms with Crippen molar-refractivity contribution in [2.75, 3.05) is 19.0 Å². The maximum absolute atomic E-state index is 10.7. The summed E-state index contributed by atoms with van der Waals surface area (Å²) >= 11 is 3.58. The van der Waals surface area contributed by atoms with E-state index in [4.69, 9.17) is 4.74 Å². The van der Waals surface area contributed by atoms with Crippen LogP contribution in [-0.2, 0) is 6.54 Å². The molecule has 0 spiro atoms. The van der Waals surface area contributed by atoms with Gasteiger partial charge in [0.25, 0.3) is 0 Å². The van der Waals surface area contributed by atoms with Gasteiger partial charge in [-0.3, -0.25) is 0 Å². The van der Waals surface area contributed by atoms with E-state index in [2.05, 4.69) is 63.1 Å². The molecule has 0 saturated carbocycles. The number of hydrogen-bond donors (Lipinski definition) is 2. The van der Waals surface area contributed by atoms with E-state index in [1.165, 1.54) is 16.3 Å². The van der Waals surface area contributed by atoms with Gasteiger partial charge < -0.3 is 19.7 Å². The van der Waals surface area contributed by atoms with E-state index in [1.54, 1.807) is 7.11 Å². The maximum Gasteiger partial charge on any atom is 0.120 e. The number of halogens is 1. The van der Waals surface area contributed by atoms with Crippen molar-refractivity contribution in [2.45, 2.75) is 19.6 Å². The minimum Gasteiger partial charge on any atom is -0.497 e. The van der Waals surface area contributed by atoms with Gasteiger partial charge in [0.2, 0.25) is 0 Å². The molecule has 1 heterocycles. The molecule has 0 aliphatic carbocycles. The normalized spacial score (nSPS) is 12.4. The standard InChI is InChI=1S/C23H23BrN2O2/c1-15-6-8-22-20(10-15)21-11-16(24)7-9-23(21)26(22)14-18(27)13-25-17-4-3-5-19(12-17)28-2/h3-12,18,25,27H,13-14H2,1-2H3. The minimum absolute atomic E-state index is 0.455. The second-order valence-corrected chi connectivity index (χ2v) is 7.98. The number of anilines is 1. The summed E-state index contributed by atoms with van der Waals surface area (Å²) in [7, 11) is 1.65. The number of nitrogens with zero attached hydrogens (tertiary/aromatic N) is 1. The van der Waals surface area contributed by atoms with Crippen LogP contribution in [0.3, 0.4) is 0 Å². The number of methoxy groups -OCH3 is 1. The summed E-state index contributed by atoms with van der Waals surface area (Å²) in [6.45, 7) is 3.08. The quantitative estimate of drug-likeness (QED) is 0.426. The van der Waals surface area contributed by atoms with Crippen LogP contribution in [0.4, 0.5) is 5.69 Å². The summed E-state index contributed by atoms with van der Waals surface area (Å²) < 4.78 is 8.51. The zero-order chi connectivity index (χ0) is 19.7. The van der Waals surface area contributed by atoms with Crippen molar-refractivity contribution in [1.82, 2.24) is 4.57 Å². The first-order valence-corrected chi connectivity index (χ1v) is 10.1. The lowest BCUT2D eigenvalue weighted by molar-refractivity contribution is 0.169. The molecule has 28 heavy (non-hydrogen) atoms. The highest BCUT2D eigenvalue weighted by Gasteiger charge is 2.14. The first kappa shape index (κ1) is 18.8. The van der Waals surface area contributed by atoms with Crippen LogP contribution in [0.1, 0.15) is 5.56 Å². The number of nitrogens with one attached hydrogen (secondary N) is 1. The molecule has 4 nitrogen and oxygen atoms in total. The molecule has 0 radical (unpaired) electrons. The van der Waals surface area contributed by atoms with E-state index in [-0.39, 0.29) is 0 Å². The SMILES string of the molecule is COc1cccc(NCC(O)Cn2c3ccc(C)cc3c3cc(Br)ccc32)c1. The van der Waals surface area contributed by atoms with Crippen LogP contribution in [0.2, 0.25) is 0 Å². The molecule has 0 bridgehead atoms. The second kappa shape index (κ2) is 7.86. The van der Waals surface area contributed by atoms with Gasteiger partial charge >= 0.3 is 0 Å². The fraction of sp³-hybridized carbons (Fsp3) is 0.217. The molecule has 0 amide bonds. The molecule has 0 aliphatic rings. The molecule has 1 aromatic heterocycles. The summed E-state index contributed by atoms with van der Waals surface area (Å²) in [5.74, 6) is 0.794. The number of fused-ring (bicyclic) bond motifs is 3. The van der Waals surface area contributed by atoms with E-state index in [9.17, 15) is 5.11 Å². The van der Waals surface area contributed by atoms with Crippen molar-refractivity contribution in [3.63, 3.8) is 0 Å². The third-order valence-electron chi connectivity index (χ3n) is 4.99. The lowest BCUT2D eigenvalue weighted by Gasteiger charge is -2.16. The summed E-state index contributed by atoms with van der Waals surface area (Å²) in [4.78, 5) is 0. The Morgan fingerprint density at radius 2 is 1.79 bits per heavy atom. The number of benzene rings is 3. The van der Waals surface area contributed by atoms with Gasteiger partial charge in [-0.2, -0.15) is 0 Å². The highest BCUT2D eigenvalue weighted by atomic mass is 79.9. The Labute approximate surface area is 172 Å². The van der Waals surface area contributed by atoms with Crippen molar-refractivity contribution in [3.05, 3.63) is 70.7 Å². The van der Waals surface area contributed by atoms with E-state index in [0.29, 0.717) is 13.1 Å². The predicted octanol–water partition coefficient (Wildman–Crippen LogP) is 5.35. The van der Waals surface area contributed by atoms with Crippen LogP contribution >= 0.6 is 15.9 Å². The zero-order valence-corrected chi connectivity index (χ0v) is 17.5. The molecule has 1 unspecified atom stereocenters. The Morgan fingerprint density at radius 3 is 2.57 bits per heavy atom. The number of aliphatic hydroxyl groups excluding tert-OH is 1. The van der Waals surface area contributed by atoms with E-state index < -0.39 is 6.10 Å². The number of aliphatic hydroxyl groups is 1. The Balaban J connectivity index is 1.61. The van der Waals surface area contributed by atoms with Gasteiger partial charge in [0, 0.05) is 44.6 Å². The van der Waals surface area contributed by atoms with Crippen molar-refractivity contribution in [1.29, 1.82) is 0 Å². The molecule has 1 atom stereocenters. The van der Waals surface area contributed by atoms with Crippen LogP contribution in [0.15, 0.2) is 65.1 Å². The molecule has 3 aromatic carbocycles. The molecule has 4 rings (SSSR count). The predicted molar refractivity (Wildman–Crippen MR) is 119 cm³/mol. The van der Waals surface area contributed by atoms with Gasteiger partial charge in [-0.25, -0.2) is 0 Å². The number of hydrogen-bond acceptors (Lipinski definition) is 3. The molecule has 4 aromatic rings. The van der Waals surface area contributed by atoms with Gasteiger partial charge in [0.05, 0.1) is 19.8 Å². The van der Waals surface area contributed by atoms with E-state index >= 15 is 0 Å². The van der Waals surface area contributed by atoms with Crippen LogP contribution in [0, 0.1) is 6.92 Å². The Bertz CT molecular complexity index is 1080. The van der Waals surface area contributed by atoms with Gasteiger partial charge in [-0.05, 0) is 49.4 Å². The van der Waals surface area contributed by atoms with Crippen molar-refractivity contribution in [3.8, 4) is 5.75 Å². The first-order chi connectivity index (χ1) is 13.5. The van der Waals surface area contributed by atoms with Crippen LogP contribution in [0.25, 0.3) is 21.8 Å². The van der Waals surface area contributed by atoms with Crippen LogP contribution in [-0.4, -0.2) is 29.4 Å². The molecular formula is C23H23BrN2O2. The van der Waals surface area contributed by atoms with Crippen molar-refractivity contribution < 1.29 is 9.84 Å². The van der Waals surface area contributed by atoms with Crippen LogP contribution < -0.4 is 10.1 Å². The van der Waals surface area contributed by atoms with Crippen molar-refractivity contribution >= 4 is 43.4 Å². The smallest absolute Gasteiger partial charge is 0.120 e. The molecule has 0 fully saturated rings. The fourth-order valence-electron chi connectivity index (χ4n) is 3.63. The summed E-state index contributed by atoms with van der Waals surface area (Å²) in [6.07, 6.45) is -0.532. The first-order valence-electron chi connectivity index (χ1n) is 9.29. The minimum atomic E-state index is -0.532. The number of ether oxygens (including phenoxy) is 1. The number of rotatable bonds is 6. The monoisotopic (exact) mass is 438 g/mol. The van der Waals surface area contributed by atoms with Crippen LogP contribution in [0.5, 0.6) is 5.75 Å². The molecule has 0 aliphatic heterocycles. The molecule has 144 valence electrons.